The van der Waals surface area contributed by atoms with E-state index >= 15 is 0 Å². The summed E-state index contributed by atoms with van der Waals surface area (Å²) >= 11 is 5.05. The molecule has 1 aromatic rings. The number of hydrogen-bond donors (Lipinski definition) is 3. The highest BCUT2D eigenvalue weighted by molar-refractivity contribution is 7.80. The number of rotatable bonds is 5. The fourth-order valence-electron chi connectivity index (χ4n) is 1.07. The van der Waals surface area contributed by atoms with Crippen LogP contribution in [0.1, 0.15) is 18.4 Å². The van der Waals surface area contributed by atoms with Gasteiger partial charge in [0, 0.05) is 6.54 Å². The van der Waals surface area contributed by atoms with Gasteiger partial charge in [0.25, 0.3) is 0 Å². The normalized spacial score (nSPS) is 9.53. The standard InChI is InChI=1S/C12H17N3OS/c1-8(2)7-13-12(17)15-14-10(4)11-6-5-9(3)16-11/h5-6,14H,1,4,7H2,2-3H3,(H2,13,15,17). The van der Waals surface area contributed by atoms with Crippen LogP contribution in [0.2, 0.25) is 0 Å². The van der Waals surface area contributed by atoms with Gasteiger partial charge in [-0.25, -0.2) is 0 Å². The topological polar surface area (TPSA) is 49.2 Å². The molecule has 1 aromatic heterocycles. The van der Waals surface area contributed by atoms with E-state index in [1.54, 1.807) is 0 Å². The lowest BCUT2D eigenvalue weighted by Gasteiger charge is -2.12. The van der Waals surface area contributed by atoms with Crippen molar-refractivity contribution in [1.82, 2.24) is 16.2 Å². The van der Waals surface area contributed by atoms with Crippen LogP contribution in [0.3, 0.4) is 0 Å². The number of aryl methyl sites for hydroxylation is 1. The molecule has 1 heterocycles. The summed E-state index contributed by atoms with van der Waals surface area (Å²) < 4.78 is 5.40. The van der Waals surface area contributed by atoms with E-state index in [0.717, 1.165) is 11.3 Å². The Morgan fingerprint density at radius 1 is 1.35 bits per heavy atom. The Morgan fingerprint density at radius 3 is 2.59 bits per heavy atom. The average Bonchev–Trinajstić information content (AvgIpc) is 2.70. The molecule has 0 saturated heterocycles. The van der Waals surface area contributed by atoms with E-state index in [4.69, 9.17) is 16.6 Å². The average molecular weight is 251 g/mol. The Kier molecular flexibility index (Phi) is 4.78. The van der Waals surface area contributed by atoms with Crippen LogP contribution in [0, 0.1) is 6.92 Å². The van der Waals surface area contributed by atoms with Gasteiger partial charge in [0.15, 0.2) is 10.9 Å². The second-order valence-electron chi connectivity index (χ2n) is 3.78. The smallest absolute Gasteiger partial charge is 0.185 e. The zero-order valence-corrected chi connectivity index (χ0v) is 10.9. The molecule has 0 amide bonds. The molecule has 0 saturated carbocycles. The number of nitrogens with one attached hydrogen (secondary N) is 3. The number of hydrogen-bond acceptors (Lipinski definition) is 3. The largest absolute Gasteiger partial charge is 0.460 e. The fourth-order valence-corrected chi connectivity index (χ4v) is 1.19. The van der Waals surface area contributed by atoms with Gasteiger partial charge in [0.1, 0.15) is 5.76 Å². The molecule has 0 bridgehead atoms. The van der Waals surface area contributed by atoms with Crippen molar-refractivity contribution in [2.45, 2.75) is 13.8 Å². The van der Waals surface area contributed by atoms with E-state index in [1.165, 1.54) is 0 Å². The molecule has 5 heteroatoms. The van der Waals surface area contributed by atoms with Gasteiger partial charge in [-0.2, -0.15) is 0 Å². The highest BCUT2D eigenvalue weighted by Gasteiger charge is 2.03. The SMILES string of the molecule is C=C(C)CNC(=S)NNC(=C)c1ccc(C)o1. The maximum absolute atomic E-state index is 5.40. The molecule has 3 N–H and O–H groups in total. The van der Waals surface area contributed by atoms with Gasteiger partial charge in [-0.1, -0.05) is 18.7 Å². The van der Waals surface area contributed by atoms with Gasteiger partial charge in [-0.05, 0) is 38.2 Å². The van der Waals surface area contributed by atoms with Gasteiger partial charge >= 0.3 is 0 Å². The highest BCUT2D eigenvalue weighted by Crippen LogP contribution is 2.12. The number of furan rings is 1. The van der Waals surface area contributed by atoms with Crippen LogP contribution in [0.5, 0.6) is 0 Å². The van der Waals surface area contributed by atoms with Crippen molar-refractivity contribution in [3.8, 4) is 0 Å². The molecule has 0 radical (unpaired) electrons. The lowest BCUT2D eigenvalue weighted by atomic mass is 10.3. The summed E-state index contributed by atoms with van der Waals surface area (Å²) in [4.78, 5) is 0. The third-order valence-electron chi connectivity index (χ3n) is 1.92. The van der Waals surface area contributed by atoms with E-state index in [1.807, 2.05) is 26.0 Å². The molecule has 92 valence electrons. The lowest BCUT2D eigenvalue weighted by molar-refractivity contribution is 0.515. The first-order chi connectivity index (χ1) is 7.99. The Bertz CT molecular complexity index is 437. The Balaban J connectivity index is 2.33. The molecule has 0 spiro atoms. The first-order valence-corrected chi connectivity index (χ1v) is 5.60. The monoisotopic (exact) mass is 251 g/mol. The van der Waals surface area contributed by atoms with Crippen molar-refractivity contribution < 1.29 is 4.42 Å². The minimum absolute atomic E-state index is 0.484. The summed E-state index contributed by atoms with van der Waals surface area (Å²) in [6, 6.07) is 3.72. The third kappa shape index (κ3) is 4.74. The third-order valence-corrected chi connectivity index (χ3v) is 2.16. The molecule has 1 rings (SSSR count). The number of hydrazine groups is 1. The van der Waals surface area contributed by atoms with E-state index in [-0.39, 0.29) is 0 Å². The summed E-state index contributed by atoms with van der Waals surface area (Å²) in [6.07, 6.45) is 0. The van der Waals surface area contributed by atoms with Gasteiger partial charge in [-0.15, -0.1) is 0 Å². The molecule has 4 nitrogen and oxygen atoms in total. The number of thiocarbonyl (C=S) groups is 1. The van der Waals surface area contributed by atoms with Crippen LogP contribution in [0.15, 0.2) is 35.3 Å². The zero-order valence-electron chi connectivity index (χ0n) is 10.1. The summed E-state index contributed by atoms with van der Waals surface area (Å²) in [5.41, 5.74) is 7.31. The van der Waals surface area contributed by atoms with E-state index in [0.29, 0.717) is 23.1 Å². The first-order valence-electron chi connectivity index (χ1n) is 5.19. The predicted molar refractivity (Wildman–Crippen MR) is 74.2 cm³/mol. The van der Waals surface area contributed by atoms with Crippen molar-refractivity contribution in [2.75, 3.05) is 6.54 Å². The van der Waals surface area contributed by atoms with Crippen LogP contribution >= 0.6 is 12.2 Å². The molecule has 0 unspecified atom stereocenters. The van der Waals surface area contributed by atoms with E-state index in [9.17, 15) is 0 Å². The van der Waals surface area contributed by atoms with E-state index in [2.05, 4.69) is 29.3 Å². The molecule has 0 aliphatic heterocycles. The second-order valence-corrected chi connectivity index (χ2v) is 4.19. The van der Waals surface area contributed by atoms with Crippen LogP contribution in [-0.2, 0) is 0 Å². The molecule has 0 aliphatic rings. The van der Waals surface area contributed by atoms with Gasteiger partial charge in [0.05, 0.1) is 5.70 Å². The van der Waals surface area contributed by atoms with Crippen molar-refractivity contribution in [2.24, 2.45) is 0 Å². The maximum atomic E-state index is 5.40. The van der Waals surface area contributed by atoms with Gasteiger partial charge in [0.2, 0.25) is 0 Å². The first kappa shape index (κ1) is 13.3. The summed E-state index contributed by atoms with van der Waals surface area (Å²) in [7, 11) is 0. The Labute approximate surface area is 107 Å². The maximum Gasteiger partial charge on any atom is 0.185 e. The highest BCUT2D eigenvalue weighted by atomic mass is 32.1. The van der Waals surface area contributed by atoms with Gasteiger partial charge < -0.3 is 9.73 Å². The van der Waals surface area contributed by atoms with E-state index < -0.39 is 0 Å². The van der Waals surface area contributed by atoms with Crippen molar-refractivity contribution in [3.63, 3.8) is 0 Å². The molecule has 17 heavy (non-hydrogen) atoms. The Hall–Kier alpha value is -1.75. The van der Waals surface area contributed by atoms with Crippen molar-refractivity contribution in [1.29, 1.82) is 0 Å². The molecule has 0 aliphatic carbocycles. The van der Waals surface area contributed by atoms with Crippen molar-refractivity contribution >= 4 is 23.0 Å². The van der Waals surface area contributed by atoms with Crippen LogP contribution in [0.4, 0.5) is 0 Å². The zero-order chi connectivity index (χ0) is 12.8. The van der Waals surface area contributed by atoms with Gasteiger partial charge in [-0.3, -0.25) is 10.9 Å². The van der Waals surface area contributed by atoms with Crippen LogP contribution in [-0.4, -0.2) is 11.7 Å². The van der Waals surface area contributed by atoms with Crippen LogP contribution < -0.4 is 16.2 Å². The minimum Gasteiger partial charge on any atom is -0.460 e. The molecular weight excluding hydrogens is 234 g/mol. The quantitative estimate of drug-likeness (QED) is 0.425. The van der Waals surface area contributed by atoms with Crippen molar-refractivity contribution in [3.05, 3.63) is 42.4 Å². The molecule has 0 aromatic carbocycles. The lowest BCUT2D eigenvalue weighted by Crippen LogP contribution is -2.43. The fraction of sp³-hybridized carbons (Fsp3) is 0.250. The molecule has 0 fully saturated rings. The second kappa shape index (κ2) is 6.10. The summed E-state index contributed by atoms with van der Waals surface area (Å²) in [5.74, 6) is 1.52. The predicted octanol–water partition coefficient (Wildman–Crippen LogP) is 2.10. The van der Waals surface area contributed by atoms with Crippen LogP contribution in [0.25, 0.3) is 5.70 Å². The molecular formula is C12H17N3OS. The molecule has 0 atom stereocenters. The minimum atomic E-state index is 0.484. The summed E-state index contributed by atoms with van der Waals surface area (Å²) in [5, 5.41) is 3.46. The summed E-state index contributed by atoms with van der Waals surface area (Å²) in [6.45, 7) is 12.0. The Morgan fingerprint density at radius 2 is 2.06 bits per heavy atom.